The molecule has 0 aliphatic carbocycles. The van der Waals surface area contributed by atoms with Crippen molar-refractivity contribution in [3.63, 3.8) is 0 Å². The van der Waals surface area contributed by atoms with E-state index in [2.05, 4.69) is 15.3 Å². The number of nitro benzene ring substituents is 1. The molecule has 1 aromatic heterocycles. The minimum absolute atomic E-state index is 0.0587. The Balaban J connectivity index is 1.78. The number of nitro groups is 1. The van der Waals surface area contributed by atoms with Crippen LogP contribution in [-0.4, -0.2) is 47.2 Å². The predicted octanol–water partition coefficient (Wildman–Crippen LogP) is 0.753. The molecule has 0 saturated carbocycles. The maximum absolute atomic E-state index is 13.3. The van der Waals surface area contributed by atoms with E-state index >= 15 is 0 Å². The van der Waals surface area contributed by atoms with E-state index in [1.807, 2.05) is 0 Å². The van der Waals surface area contributed by atoms with Crippen LogP contribution in [0.15, 0.2) is 35.5 Å². The van der Waals surface area contributed by atoms with Crippen LogP contribution in [0.2, 0.25) is 0 Å². The lowest BCUT2D eigenvalue weighted by Gasteiger charge is -2.42. The molecule has 2 N–H and O–H groups in total. The fraction of sp³-hybridized carbons (Fsp3) is 0.400. The molecular formula is C15H17N5O4S. The fourth-order valence-corrected chi connectivity index (χ4v) is 5.54. The van der Waals surface area contributed by atoms with E-state index in [1.165, 1.54) is 28.6 Å². The molecule has 3 heterocycles. The summed E-state index contributed by atoms with van der Waals surface area (Å²) in [6.45, 7) is 1.55. The molecule has 1 unspecified atom stereocenters. The molecule has 2 aromatic rings. The van der Waals surface area contributed by atoms with E-state index in [9.17, 15) is 18.5 Å². The molecule has 0 radical (unpaired) electrons. The van der Waals surface area contributed by atoms with Crippen LogP contribution in [0.3, 0.4) is 0 Å². The Bertz CT molecular complexity index is 916. The van der Waals surface area contributed by atoms with Gasteiger partial charge in [0.1, 0.15) is 0 Å². The first-order chi connectivity index (χ1) is 11.9. The molecule has 2 aliphatic rings. The molecule has 0 bridgehead atoms. The molecule has 25 heavy (non-hydrogen) atoms. The van der Waals surface area contributed by atoms with Gasteiger partial charge in [-0.25, -0.2) is 13.4 Å². The molecule has 1 atom stereocenters. The quantitative estimate of drug-likeness (QED) is 0.613. The largest absolute Gasteiger partial charge is 0.348 e. The Labute approximate surface area is 144 Å². The molecule has 4 rings (SSSR count). The Morgan fingerprint density at radius 3 is 2.68 bits per heavy atom. The van der Waals surface area contributed by atoms with Crippen LogP contribution in [0.4, 0.5) is 5.69 Å². The van der Waals surface area contributed by atoms with Crippen LogP contribution in [-0.2, 0) is 22.0 Å². The average molecular weight is 363 g/mol. The van der Waals surface area contributed by atoms with E-state index in [-0.39, 0.29) is 10.6 Å². The molecule has 0 amide bonds. The number of non-ortho nitro benzene ring substituents is 1. The van der Waals surface area contributed by atoms with Crippen LogP contribution in [0.5, 0.6) is 0 Å². The molecular weight excluding hydrogens is 346 g/mol. The van der Waals surface area contributed by atoms with Crippen LogP contribution in [0.25, 0.3) is 0 Å². The Kier molecular flexibility index (Phi) is 3.63. The van der Waals surface area contributed by atoms with Gasteiger partial charge in [-0.1, -0.05) is 0 Å². The number of hydrogen-bond acceptors (Lipinski definition) is 6. The molecule has 10 heteroatoms. The second kappa shape index (κ2) is 5.61. The number of aromatic amines is 1. The molecule has 132 valence electrons. The minimum Gasteiger partial charge on any atom is -0.348 e. The zero-order valence-electron chi connectivity index (χ0n) is 13.3. The average Bonchev–Trinajstić information content (AvgIpc) is 3.25. The third-order valence-corrected chi connectivity index (χ3v) is 6.95. The third kappa shape index (κ3) is 2.36. The van der Waals surface area contributed by atoms with Crippen molar-refractivity contribution in [1.82, 2.24) is 19.6 Å². The van der Waals surface area contributed by atoms with E-state index in [0.717, 1.165) is 11.4 Å². The zero-order valence-corrected chi connectivity index (χ0v) is 14.1. The summed E-state index contributed by atoms with van der Waals surface area (Å²) in [6, 6.07) is 5.03. The second-order valence-corrected chi connectivity index (χ2v) is 8.13. The first-order valence-electron chi connectivity index (χ1n) is 7.96. The summed E-state index contributed by atoms with van der Waals surface area (Å²) in [5, 5.41) is 14.0. The smallest absolute Gasteiger partial charge is 0.269 e. The molecule has 1 saturated heterocycles. The number of H-pyrrole nitrogens is 1. The van der Waals surface area contributed by atoms with Gasteiger partial charge in [-0.15, -0.1) is 0 Å². The molecule has 1 aromatic carbocycles. The monoisotopic (exact) mass is 363 g/mol. The van der Waals surface area contributed by atoms with E-state index in [1.54, 1.807) is 6.33 Å². The van der Waals surface area contributed by atoms with E-state index in [0.29, 0.717) is 32.5 Å². The summed E-state index contributed by atoms with van der Waals surface area (Å²) in [6.07, 6.45) is 2.80. The van der Waals surface area contributed by atoms with Crippen molar-refractivity contribution in [1.29, 1.82) is 0 Å². The van der Waals surface area contributed by atoms with Crippen molar-refractivity contribution >= 4 is 15.7 Å². The van der Waals surface area contributed by atoms with Crippen molar-refractivity contribution in [2.75, 3.05) is 19.6 Å². The van der Waals surface area contributed by atoms with Gasteiger partial charge in [0.05, 0.1) is 27.4 Å². The lowest BCUT2D eigenvalue weighted by atomic mass is 9.88. The molecule has 1 spiro atoms. The van der Waals surface area contributed by atoms with Gasteiger partial charge in [-0.05, 0) is 25.1 Å². The number of rotatable bonds is 3. The summed E-state index contributed by atoms with van der Waals surface area (Å²) in [4.78, 5) is 17.8. The van der Waals surface area contributed by atoms with Crippen molar-refractivity contribution in [2.24, 2.45) is 0 Å². The van der Waals surface area contributed by atoms with Crippen LogP contribution < -0.4 is 5.32 Å². The zero-order chi connectivity index (χ0) is 17.7. The number of imidazole rings is 1. The van der Waals surface area contributed by atoms with E-state index in [4.69, 9.17) is 0 Å². The first-order valence-corrected chi connectivity index (χ1v) is 9.40. The summed E-state index contributed by atoms with van der Waals surface area (Å²) in [5.41, 5.74) is 0.895. The Hall–Kier alpha value is -2.30. The first kappa shape index (κ1) is 16.2. The normalized spacial score (nSPS) is 23.7. The summed E-state index contributed by atoms with van der Waals surface area (Å²) < 4.78 is 28.0. The SMILES string of the molecule is O=[N+]([O-])c1ccc(S(=O)(=O)N2CCc3[nH]cnc3C23CCNC3)cc1. The van der Waals surface area contributed by atoms with Crippen molar-refractivity contribution < 1.29 is 13.3 Å². The molecule has 2 aliphatic heterocycles. The lowest BCUT2D eigenvalue weighted by molar-refractivity contribution is -0.384. The number of benzene rings is 1. The number of nitrogens with one attached hydrogen (secondary N) is 2. The van der Waals surface area contributed by atoms with E-state index < -0.39 is 20.5 Å². The van der Waals surface area contributed by atoms with Gasteiger partial charge in [0.2, 0.25) is 10.0 Å². The fourth-order valence-electron chi connectivity index (χ4n) is 3.77. The number of nitrogens with zero attached hydrogens (tertiary/aromatic N) is 3. The molecule has 9 nitrogen and oxygen atoms in total. The van der Waals surface area contributed by atoms with Gasteiger partial charge in [0.15, 0.2) is 0 Å². The standard InChI is InChI=1S/C15H17N5O4S/c21-20(22)11-1-3-12(4-2-11)25(23,24)19-8-5-13-14(18-10-17-13)15(19)6-7-16-9-15/h1-4,10,16H,5-9H2,(H,17,18). The highest BCUT2D eigenvalue weighted by Crippen LogP contribution is 2.41. The predicted molar refractivity (Wildman–Crippen MR) is 88.4 cm³/mol. The van der Waals surface area contributed by atoms with Crippen molar-refractivity contribution in [3.05, 3.63) is 52.1 Å². The van der Waals surface area contributed by atoms with Crippen LogP contribution in [0.1, 0.15) is 17.8 Å². The summed E-state index contributed by atoms with van der Waals surface area (Å²) in [5.74, 6) is 0. The van der Waals surface area contributed by atoms with Gasteiger partial charge in [-0.2, -0.15) is 4.31 Å². The lowest BCUT2D eigenvalue weighted by Crippen LogP contribution is -2.54. The van der Waals surface area contributed by atoms with Gasteiger partial charge in [-0.3, -0.25) is 10.1 Å². The number of fused-ring (bicyclic) bond motifs is 2. The topological polar surface area (TPSA) is 121 Å². The van der Waals surface area contributed by atoms with Crippen molar-refractivity contribution in [3.8, 4) is 0 Å². The highest BCUT2D eigenvalue weighted by atomic mass is 32.2. The Morgan fingerprint density at radius 1 is 1.28 bits per heavy atom. The van der Waals surface area contributed by atoms with Gasteiger partial charge in [0, 0.05) is 37.3 Å². The summed E-state index contributed by atoms with van der Waals surface area (Å²) in [7, 11) is -3.80. The highest BCUT2D eigenvalue weighted by molar-refractivity contribution is 7.89. The van der Waals surface area contributed by atoms with Crippen molar-refractivity contribution in [2.45, 2.75) is 23.3 Å². The number of aromatic nitrogens is 2. The van der Waals surface area contributed by atoms with Crippen LogP contribution in [0, 0.1) is 10.1 Å². The van der Waals surface area contributed by atoms with Crippen LogP contribution >= 0.6 is 0 Å². The maximum atomic E-state index is 13.3. The van der Waals surface area contributed by atoms with Gasteiger partial charge in [0.25, 0.3) is 5.69 Å². The van der Waals surface area contributed by atoms with Gasteiger partial charge >= 0.3 is 0 Å². The number of hydrogen-bond donors (Lipinski definition) is 2. The number of sulfonamides is 1. The maximum Gasteiger partial charge on any atom is 0.269 e. The second-order valence-electron chi connectivity index (χ2n) is 6.27. The van der Waals surface area contributed by atoms with Gasteiger partial charge < -0.3 is 10.3 Å². The minimum atomic E-state index is -3.80. The Morgan fingerprint density at radius 2 is 2.04 bits per heavy atom. The third-order valence-electron chi connectivity index (χ3n) is 4.97. The highest BCUT2D eigenvalue weighted by Gasteiger charge is 2.51. The summed E-state index contributed by atoms with van der Waals surface area (Å²) >= 11 is 0. The molecule has 1 fully saturated rings.